The van der Waals surface area contributed by atoms with Crippen LogP contribution in [0.4, 0.5) is 0 Å². The van der Waals surface area contributed by atoms with E-state index in [0.29, 0.717) is 13.0 Å². The van der Waals surface area contributed by atoms with Crippen LogP contribution in [0.2, 0.25) is 0 Å². The number of nitrogens with one attached hydrogen (secondary N) is 1. The van der Waals surface area contributed by atoms with Gasteiger partial charge in [-0.05, 0) is 18.6 Å². The highest BCUT2D eigenvalue weighted by atomic mass is 32.2. The van der Waals surface area contributed by atoms with Crippen LogP contribution in [0.1, 0.15) is 6.42 Å². The summed E-state index contributed by atoms with van der Waals surface area (Å²) in [6.45, 7) is 0.614. The number of ketones is 1. The summed E-state index contributed by atoms with van der Waals surface area (Å²) >= 11 is 1.58. The summed E-state index contributed by atoms with van der Waals surface area (Å²) in [5.74, 6) is 0.0168. The third kappa shape index (κ3) is 2.36. The summed E-state index contributed by atoms with van der Waals surface area (Å²) in [6, 6.07) is 0. The molecule has 1 amide bonds. The maximum Gasteiger partial charge on any atom is 0.207 e. The van der Waals surface area contributed by atoms with Gasteiger partial charge in [0.25, 0.3) is 0 Å². The van der Waals surface area contributed by atoms with Crippen LogP contribution in [0.5, 0.6) is 0 Å². The van der Waals surface area contributed by atoms with Gasteiger partial charge >= 0.3 is 0 Å². The lowest BCUT2D eigenvalue weighted by molar-refractivity contribution is -0.110. The summed E-state index contributed by atoms with van der Waals surface area (Å²) in [7, 11) is 0. The third-order valence-corrected chi connectivity index (χ3v) is 3.29. The number of hydrogen-bond donors (Lipinski definition) is 1. The summed E-state index contributed by atoms with van der Waals surface area (Å²) in [5.41, 5.74) is 0.885. The minimum Gasteiger partial charge on any atom is -0.359 e. The molecule has 15 heavy (non-hydrogen) atoms. The second kappa shape index (κ2) is 4.44. The highest BCUT2D eigenvalue weighted by Crippen LogP contribution is 2.34. The summed E-state index contributed by atoms with van der Waals surface area (Å²) < 4.78 is 0. The van der Waals surface area contributed by atoms with Crippen LogP contribution in [-0.2, 0) is 9.59 Å². The van der Waals surface area contributed by atoms with E-state index < -0.39 is 0 Å². The number of allylic oxidation sites excluding steroid dienone is 4. The second-order valence-electron chi connectivity index (χ2n) is 3.19. The van der Waals surface area contributed by atoms with Gasteiger partial charge in [-0.15, -0.1) is 0 Å². The molecule has 0 aromatic heterocycles. The van der Waals surface area contributed by atoms with E-state index in [2.05, 4.69) is 10.3 Å². The van der Waals surface area contributed by atoms with Crippen LogP contribution in [0.15, 0.2) is 28.1 Å². The van der Waals surface area contributed by atoms with Crippen molar-refractivity contribution in [3.05, 3.63) is 23.1 Å². The first-order valence-corrected chi connectivity index (χ1v) is 5.53. The Balaban J connectivity index is 1.96. The molecule has 2 aliphatic rings. The lowest BCUT2D eigenvalue weighted by atomic mass is 10.1. The lowest BCUT2D eigenvalue weighted by Crippen LogP contribution is -2.15. The predicted molar refractivity (Wildman–Crippen MR) is 59.7 cm³/mol. The van der Waals surface area contributed by atoms with Gasteiger partial charge in [0.15, 0.2) is 5.78 Å². The van der Waals surface area contributed by atoms with Gasteiger partial charge in [0, 0.05) is 17.5 Å². The molecule has 5 heteroatoms. The molecule has 0 fully saturated rings. The van der Waals surface area contributed by atoms with Crippen molar-refractivity contribution < 1.29 is 9.59 Å². The Bertz CT molecular complexity index is 385. The van der Waals surface area contributed by atoms with Gasteiger partial charge in [-0.25, -0.2) is 0 Å². The summed E-state index contributed by atoms with van der Waals surface area (Å²) in [4.78, 5) is 26.5. The molecule has 0 saturated carbocycles. The molecule has 0 aromatic carbocycles. The lowest BCUT2D eigenvalue weighted by Gasteiger charge is -2.04. The zero-order chi connectivity index (χ0) is 10.7. The topological polar surface area (TPSA) is 58.5 Å². The van der Waals surface area contributed by atoms with Crippen LogP contribution < -0.4 is 5.32 Å². The quantitative estimate of drug-likeness (QED) is 0.432. The molecule has 1 aliphatic heterocycles. The second-order valence-corrected chi connectivity index (χ2v) is 4.41. The number of aliphatic imine (C=N–C) groups is 1. The molecule has 1 atom stereocenters. The molecule has 1 N–H and O–H groups in total. The first kappa shape index (κ1) is 10.2. The van der Waals surface area contributed by atoms with Gasteiger partial charge in [0.1, 0.15) is 5.37 Å². The van der Waals surface area contributed by atoms with Crippen molar-refractivity contribution >= 4 is 29.7 Å². The van der Waals surface area contributed by atoms with Gasteiger partial charge in [0.2, 0.25) is 6.41 Å². The van der Waals surface area contributed by atoms with Crippen molar-refractivity contribution in [2.45, 2.75) is 11.8 Å². The Morgan fingerprint density at radius 1 is 1.53 bits per heavy atom. The van der Waals surface area contributed by atoms with Gasteiger partial charge in [-0.2, -0.15) is 0 Å². The van der Waals surface area contributed by atoms with E-state index in [0.717, 1.165) is 17.0 Å². The first-order chi connectivity index (χ1) is 7.29. The van der Waals surface area contributed by atoms with Crippen molar-refractivity contribution in [3.8, 4) is 0 Å². The smallest absolute Gasteiger partial charge is 0.207 e. The monoisotopic (exact) mass is 222 g/mol. The largest absolute Gasteiger partial charge is 0.359 e. The molecule has 1 heterocycles. The highest BCUT2D eigenvalue weighted by molar-refractivity contribution is 8.05. The summed E-state index contributed by atoms with van der Waals surface area (Å²) in [6.07, 6.45) is 6.35. The van der Waals surface area contributed by atoms with E-state index in [1.54, 1.807) is 23.9 Å². The van der Waals surface area contributed by atoms with E-state index in [1.807, 2.05) is 0 Å². The number of carbonyl (C=O) groups excluding carboxylic acids is 2. The highest BCUT2D eigenvalue weighted by Gasteiger charge is 2.23. The number of hydrogen-bond acceptors (Lipinski definition) is 4. The molecule has 1 unspecified atom stereocenters. The average molecular weight is 222 g/mol. The van der Waals surface area contributed by atoms with E-state index in [9.17, 15) is 9.59 Å². The molecule has 2 rings (SSSR count). The average Bonchev–Trinajstić information content (AvgIpc) is 2.60. The van der Waals surface area contributed by atoms with E-state index >= 15 is 0 Å². The van der Waals surface area contributed by atoms with Crippen LogP contribution in [0, 0.1) is 0 Å². The Morgan fingerprint density at radius 3 is 3.20 bits per heavy atom. The predicted octanol–water partition coefficient (Wildman–Crippen LogP) is 0.659. The van der Waals surface area contributed by atoms with Crippen molar-refractivity contribution in [1.82, 2.24) is 5.32 Å². The van der Waals surface area contributed by atoms with Gasteiger partial charge < -0.3 is 5.32 Å². The van der Waals surface area contributed by atoms with Crippen LogP contribution >= 0.6 is 11.8 Å². The van der Waals surface area contributed by atoms with E-state index in [-0.39, 0.29) is 11.2 Å². The van der Waals surface area contributed by atoms with Crippen molar-refractivity contribution in [3.63, 3.8) is 0 Å². The molecular formula is C10H10N2O2S. The minimum absolute atomic E-state index is 0.0168. The number of thioether (sulfide) groups is 1. The van der Waals surface area contributed by atoms with Crippen molar-refractivity contribution in [2.24, 2.45) is 4.99 Å². The number of nitrogens with zero attached hydrogens (tertiary/aromatic N) is 1. The molecule has 0 saturated heterocycles. The number of fused-ring (bicyclic) bond motifs is 1. The SMILES string of the molecule is O=CNCCC1N=C2C=CC(=O)C=C2S1. The number of amides is 1. The molecule has 0 bridgehead atoms. The molecule has 0 aromatic rings. The fraction of sp³-hybridized carbons (Fsp3) is 0.300. The van der Waals surface area contributed by atoms with Crippen LogP contribution in [0.3, 0.4) is 0 Å². The Hall–Kier alpha value is -1.36. The Labute approximate surface area is 91.5 Å². The van der Waals surface area contributed by atoms with Crippen molar-refractivity contribution in [2.75, 3.05) is 6.54 Å². The first-order valence-electron chi connectivity index (χ1n) is 4.65. The maximum atomic E-state index is 11.1. The van der Waals surface area contributed by atoms with Crippen LogP contribution in [0.25, 0.3) is 0 Å². The molecule has 4 nitrogen and oxygen atoms in total. The Morgan fingerprint density at radius 2 is 2.40 bits per heavy atom. The summed E-state index contributed by atoms with van der Waals surface area (Å²) in [5, 5.41) is 2.72. The molecular weight excluding hydrogens is 212 g/mol. The Kier molecular flexibility index (Phi) is 3.01. The fourth-order valence-electron chi connectivity index (χ4n) is 1.41. The normalized spacial score (nSPS) is 23.2. The molecule has 0 spiro atoms. The number of rotatable bonds is 4. The number of carbonyl (C=O) groups is 2. The molecule has 78 valence electrons. The standard InChI is InChI=1S/C10H10N2O2S/c13-6-11-4-3-10-12-8-2-1-7(14)5-9(8)15-10/h1-2,5-6,10H,3-4H2,(H,11,13). The van der Waals surface area contributed by atoms with Gasteiger partial charge in [-0.1, -0.05) is 11.8 Å². The molecule has 1 aliphatic carbocycles. The zero-order valence-corrected chi connectivity index (χ0v) is 8.79. The van der Waals surface area contributed by atoms with Crippen LogP contribution in [-0.4, -0.2) is 29.8 Å². The van der Waals surface area contributed by atoms with Gasteiger partial charge in [-0.3, -0.25) is 14.6 Å². The van der Waals surface area contributed by atoms with Gasteiger partial charge in [0.05, 0.1) is 5.71 Å². The van der Waals surface area contributed by atoms with Crippen molar-refractivity contribution in [1.29, 1.82) is 0 Å². The third-order valence-electron chi connectivity index (χ3n) is 2.10. The molecule has 0 radical (unpaired) electrons. The maximum absolute atomic E-state index is 11.1. The minimum atomic E-state index is 0.0168. The van der Waals surface area contributed by atoms with E-state index in [4.69, 9.17) is 0 Å². The fourth-order valence-corrected chi connectivity index (χ4v) is 2.53. The zero-order valence-electron chi connectivity index (χ0n) is 7.97. The van der Waals surface area contributed by atoms with E-state index in [1.165, 1.54) is 6.08 Å².